The van der Waals surface area contributed by atoms with Crippen molar-refractivity contribution in [3.05, 3.63) is 28.6 Å². The minimum atomic E-state index is -0.785. The second-order valence-corrected chi connectivity index (χ2v) is 7.16. The van der Waals surface area contributed by atoms with Crippen LogP contribution in [-0.4, -0.2) is 41.8 Å². The summed E-state index contributed by atoms with van der Waals surface area (Å²) in [6.45, 7) is 5.14. The molecule has 144 valence electrons. The van der Waals surface area contributed by atoms with Crippen LogP contribution in [0.15, 0.2) is 11.6 Å². The molecule has 0 aromatic carbocycles. The zero-order valence-corrected chi connectivity index (χ0v) is 15.8. The third-order valence-corrected chi connectivity index (χ3v) is 4.94. The van der Waals surface area contributed by atoms with E-state index in [4.69, 9.17) is 9.47 Å². The van der Waals surface area contributed by atoms with E-state index < -0.39 is 5.97 Å². The third-order valence-electron chi connectivity index (χ3n) is 4.94. The molecule has 3 rings (SSSR count). The summed E-state index contributed by atoms with van der Waals surface area (Å²) >= 11 is 0. The molecule has 7 nitrogen and oxygen atoms in total. The molecule has 1 saturated carbocycles. The second-order valence-electron chi connectivity index (χ2n) is 7.16. The monoisotopic (exact) mass is 371 g/mol. The molecule has 1 aliphatic heterocycles. The van der Waals surface area contributed by atoms with Crippen molar-refractivity contribution in [2.45, 2.75) is 58.2 Å². The fourth-order valence-electron chi connectivity index (χ4n) is 3.24. The summed E-state index contributed by atoms with van der Waals surface area (Å²) < 4.78 is 12.8. The lowest BCUT2D eigenvalue weighted by atomic mass is 10.1. The number of aromatic nitrogens is 1. The van der Waals surface area contributed by atoms with E-state index >= 15 is 0 Å². The van der Waals surface area contributed by atoms with E-state index in [1.165, 1.54) is 6.08 Å². The smallest absolute Gasteiger partial charge is 0.349 e. The van der Waals surface area contributed by atoms with Gasteiger partial charge >= 0.3 is 5.97 Å². The molecule has 1 N–H and O–H groups in total. The molecule has 0 spiro atoms. The summed E-state index contributed by atoms with van der Waals surface area (Å²) in [6.07, 6.45) is 5.78. The summed E-state index contributed by atoms with van der Waals surface area (Å²) in [7, 11) is 0. The standard InChI is InChI=1S/C20H25N3O4/c1-13-8-15(14(2)23(13)11-18-4-3-7-26-18)9-16(10-21)20(25)27-12-19(24)22-17-5-6-17/h8-9,17-18H,3-7,11-12H2,1-2H3,(H,22,24)/b16-9+/t18-/m0/s1. The lowest BCUT2D eigenvalue weighted by Gasteiger charge is -2.14. The Labute approximate surface area is 158 Å². The van der Waals surface area contributed by atoms with E-state index in [0.717, 1.165) is 55.8 Å². The van der Waals surface area contributed by atoms with Gasteiger partial charge in [0.25, 0.3) is 5.91 Å². The van der Waals surface area contributed by atoms with Gasteiger partial charge in [-0.05, 0) is 57.2 Å². The molecule has 0 unspecified atom stereocenters. The Balaban J connectivity index is 1.66. The molecule has 1 aliphatic carbocycles. The van der Waals surface area contributed by atoms with E-state index in [-0.39, 0.29) is 30.2 Å². The number of carbonyl (C=O) groups is 2. The number of rotatable bonds is 7. The lowest BCUT2D eigenvalue weighted by Crippen LogP contribution is -2.30. The lowest BCUT2D eigenvalue weighted by molar-refractivity contribution is -0.144. The number of amides is 1. The minimum absolute atomic E-state index is 0.119. The van der Waals surface area contributed by atoms with Gasteiger partial charge < -0.3 is 19.4 Å². The summed E-state index contributed by atoms with van der Waals surface area (Å²) in [4.78, 5) is 23.8. The average Bonchev–Trinajstić information content (AvgIpc) is 3.23. The van der Waals surface area contributed by atoms with Crippen LogP contribution in [0.1, 0.15) is 42.6 Å². The van der Waals surface area contributed by atoms with Gasteiger partial charge in [-0.15, -0.1) is 0 Å². The first-order valence-electron chi connectivity index (χ1n) is 9.34. The maximum Gasteiger partial charge on any atom is 0.349 e. The first-order chi connectivity index (χ1) is 13.0. The van der Waals surface area contributed by atoms with Gasteiger partial charge in [-0.2, -0.15) is 5.26 Å². The van der Waals surface area contributed by atoms with Crippen molar-refractivity contribution in [2.75, 3.05) is 13.2 Å². The summed E-state index contributed by atoms with van der Waals surface area (Å²) in [6, 6.07) is 4.02. The van der Waals surface area contributed by atoms with Crippen LogP contribution in [0.25, 0.3) is 6.08 Å². The normalized spacial score (nSPS) is 19.6. The van der Waals surface area contributed by atoms with E-state index in [1.54, 1.807) is 0 Å². The molecule has 1 saturated heterocycles. The van der Waals surface area contributed by atoms with Gasteiger partial charge in [0.2, 0.25) is 0 Å². The zero-order chi connectivity index (χ0) is 19.4. The Morgan fingerprint density at radius 3 is 2.81 bits per heavy atom. The number of nitrogens with zero attached hydrogens (tertiary/aromatic N) is 2. The van der Waals surface area contributed by atoms with Crippen LogP contribution >= 0.6 is 0 Å². The molecule has 7 heteroatoms. The number of aryl methyl sites for hydroxylation is 1. The first kappa shape index (κ1) is 19.2. The molecule has 2 heterocycles. The highest BCUT2D eigenvalue weighted by Crippen LogP contribution is 2.22. The summed E-state index contributed by atoms with van der Waals surface area (Å²) in [5.41, 5.74) is 2.69. The van der Waals surface area contributed by atoms with Crippen LogP contribution in [0.4, 0.5) is 0 Å². The fourth-order valence-corrected chi connectivity index (χ4v) is 3.24. The second kappa shape index (κ2) is 8.40. The van der Waals surface area contributed by atoms with Crippen LogP contribution in [0.5, 0.6) is 0 Å². The SMILES string of the molecule is Cc1cc(/C=C(\C#N)C(=O)OCC(=O)NC2CC2)c(C)n1C[C@@H]1CCCO1. The van der Waals surface area contributed by atoms with Gasteiger partial charge in [0.05, 0.1) is 6.10 Å². The molecule has 1 amide bonds. The van der Waals surface area contributed by atoms with E-state index in [2.05, 4.69) is 9.88 Å². The molecular formula is C20H25N3O4. The molecule has 27 heavy (non-hydrogen) atoms. The Morgan fingerprint density at radius 2 is 2.19 bits per heavy atom. The van der Waals surface area contributed by atoms with Crippen molar-refractivity contribution in [1.29, 1.82) is 5.26 Å². The number of esters is 1. The van der Waals surface area contributed by atoms with Crippen molar-refractivity contribution < 1.29 is 19.1 Å². The molecule has 1 aromatic rings. The highest BCUT2D eigenvalue weighted by atomic mass is 16.5. The number of ether oxygens (including phenoxy) is 2. The van der Waals surface area contributed by atoms with Gasteiger partial charge in [0.15, 0.2) is 6.61 Å². The highest BCUT2D eigenvalue weighted by Gasteiger charge is 2.24. The van der Waals surface area contributed by atoms with Crippen LogP contribution in [0.3, 0.4) is 0 Å². The Bertz CT molecular complexity index is 793. The van der Waals surface area contributed by atoms with Gasteiger partial charge in [-0.25, -0.2) is 4.79 Å². The Hall–Kier alpha value is -2.59. The van der Waals surface area contributed by atoms with E-state index in [0.29, 0.717) is 0 Å². The van der Waals surface area contributed by atoms with Crippen LogP contribution in [0, 0.1) is 25.2 Å². The molecule has 2 fully saturated rings. The number of carbonyl (C=O) groups excluding carboxylic acids is 2. The van der Waals surface area contributed by atoms with E-state index in [9.17, 15) is 14.9 Å². The molecule has 0 radical (unpaired) electrons. The zero-order valence-electron chi connectivity index (χ0n) is 15.8. The van der Waals surface area contributed by atoms with E-state index in [1.807, 2.05) is 26.0 Å². The summed E-state index contributed by atoms with van der Waals surface area (Å²) in [5, 5.41) is 12.1. The maximum atomic E-state index is 12.1. The molecule has 2 aliphatic rings. The third kappa shape index (κ3) is 4.98. The Morgan fingerprint density at radius 1 is 1.41 bits per heavy atom. The van der Waals surface area contributed by atoms with Crippen LogP contribution in [-0.2, 0) is 25.6 Å². The number of hydrogen-bond donors (Lipinski definition) is 1. The van der Waals surface area contributed by atoms with Gasteiger partial charge in [0, 0.05) is 30.6 Å². The number of nitriles is 1. The predicted octanol–water partition coefficient (Wildman–Crippen LogP) is 2.01. The number of nitrogens with one attached hydrogen (secondary N) is 1. The van der Waals surface area contributed by atoms with Gasteiger partial charge in [-0.3, -0.25) is 4.79 Å². The van der Waals surface area contributed by atoms with Crippen LogP contribution < -0.4 is 5.32 Å². The van der Waals surface area contributed by atoms with Crippen molar-refractivity contribution in [3.63, 3.8) is 0 Å². The highest BCUT2D eigenvalue weighted by molar-refractivity contribution is 5.99. The van der Waals surface area contributed by atoms with Crippen LogP contribution in [0.2, 0.25) is 0 Å². The molecule has 0 bridgehead atoms. The number of hydrogen-bond acceptors (Lipinski definition) is 5. The topological polar surface area (TPSA) is 93.4 Å². The minimum Gasteiger partial charge on any atom is -0.451 e. The van der Waals surface area contributed by atoms with Crippen molar-refractivity contribution in [2.24, 2.45) is 0 Å². The largest absolute Gasteiger partial charge is 0.451 e. The summed E-state index contributed by atoms with van der Waals surface area (Å²) in [5.74, 6) is -1.12. The van der Waals surface area contributed by atoms with Crippen molar-refractivity contribution >= 4 is 18.0 Å². The predicted molar refractivity (Wildman–Crippen MR) is 98.6 cm³/mol. The first-order valence-corrected chi connectivity index (χ1v) is 9.34. The maximum absolute atomic E-state index is 12.1. The quantitative estimate of drug-likeness (QED) is 0.450. The van der Waals surface area contributed by atoms with Crippen molar-refractivity contribution in [3.8, 4) is 6.07 Å². The molecule has 1 aromatic heterocycles. The molecular weight excluding hydrogens is 346 g/mol. The Kier molecular flexibility index (Phi) is 5.97. The molecule has 1 atom stereocenters. The van der Waals surface area contributed by atoms with Crippen molar-refractivity contribution in [1.82, 2.24) is 9.88 Å². The average molecular weight is 371 g/mol. The fraction of sp³-hybridized carbons (Fsp3) is 0.550. The van der Waals surface area contributed by atoms with Gasteiger partial charge in [0.1, 0.15) is 11.6 Å². The van der Waals surface area contributed by atoms with Gasteiger partial charge in [-0.1, -0.05) is 0 Å².